The molecule has 0 radical (unpaired) electrons. The number of benzene rings is 2. The summed E-state index contributed by atoms with van der Waals surface area (Å²) in [6.07, 6.45) is 0. The van der Waals surface area contributed by atoms with E-state index < -0.39 is 17.2 Å². The van der Waals surface area contributed by atoms with Crippen LogP contribution in [0.2, 0.25) is 0 Å². The number of likely N-dealkylation sites (N-methyl/N-ethyl adjacent to an activating group) is 1. The maximum absolute atomic E-state index is 13.4. The van der Waals surface area contributed by atoms with Crippen molar-refractivity contribution >= 4 is 0 Å². The molecule has 0 unspecified atom stereocenters. The number of aliphatic hydroxyl groups is 1. The van der Waals surface area contributed by atoms with Crippen LogP contribution in [0.4, 0.5) is 8.78 Å². The molecule has 3 rings (SSSR count). The molecule has 2 aromatic carbocycles. The zero-order chi connectivity index (χ0) is 22.3. The first kappa shape index (κ1) is 23.4. The summed E-state index contributed by atoms with van der Waals surface area (Å²) in [5.74, 6) is -0.966. The number of rotatable bonds is 9. The highest BCUT2D eigenvalue weighted by Crippen LogP contribution is 2.21. The summed E-state index contributed by atoms with van der Waals surface area (Å²) in [6, 6.07) is 11.2. The highest BCUT2D eigenvalue weighted by molar-refractivity contribution is 5.28. The van der Waals surface area contributed by atoms with Gasteiger partial charge in [0.05, 0.1) is 13.2 Å². The SMILES string of the molecule is CN(C)CCOc1cccc(CN2CCOC[C@](O)(COc3ccc(F)c(F)c3)C2)c1. The summed E-state index contributed by atoms with van der Waals surface area (Å²) in [6.45, 7) is 3.51. The third kappa shape index (κ3) is 7.43. The molecule has 1 N–H and O–H groups in total. The van der Waals surface area contributed by atoms with E-state index in [-0.39, 0.29) is 19.0 Å². The van der Waals surface area contributed by atoms with Gasteiger partial charge in [-0.3, -0.25) is 4.90 Å². The summed E-state index contributed by atoms with van der Waals surface area (Å²) in [5.41, 5.74) is -0.214. The van der Waals surface area contributed by atoms with Crippen molar-refractivity contribution in [2.75, 3.05) is 60.2 Å². The number of halogens is 2. The molecule has 0 saturated carbocycles. The molecule has 1 atom stereocenters. The van der Waals surface area contributed by atoms with Crippen LogP contribution in [0.15, 0.2) is 42.5 Å². The van der Waals surface area contributed by atoms with Crippen LogP contribution in [0.25, 0.3) is 0 Å². The summed E-state index contributed by atoms with van der Waals surface area (Å²) >= 11 is 0. The first-order chi connectivity index (χ1) is 14.8. The van der Waals surface area contributed by atoms with Crippen molar-refractivity contribution in [1.29, 1.82) is 0 Å². The van der Waals surface area contributed by atoms with Crippen molar-refractivity contribution in [2.24, 2.45) is 0 Å². The van der Waals surface area contributed by atoms with Gasteiger partial charge in [0.1, 0.15) is 30.3 Å². The van der Waals surface area contributed by atoms with E-state index >= 15 is 0 Å². The fourth-order valence-electron chi connectivity index (χ4n) is 3.34. The molecular formula is C23H30F2N2O4. The van der Waals surface area contributed by atoms with Crippen molar-refractivity contribution < 1.29 is 28.1 Å². The van der Waals surface area contributed by atoms with E-state index in [1.54, 1.807) is 0 Å². The zero-order valence-electron chi connectivity index (χ0n) is 18.0. The van der Waals surface area contributed by atoms with Crippen LogP contribution < -0.4 is 9.47 Å². The van der Waals surface area contributed by atoms with Gasteiger partial charge in [-0.15, -0.1) is 0 Å². The van der Waals surface area contributed by atoms with Crippen LogP contribution in [0.3, 0.4) is 0 Å². The van der Waals surface area contributed by atoms with Crippen molar-refractivity contribution in [2.45, 2.75) is 12.1 Å². The van der Waals surface area contributed by atoms with E-state index in [9.17, 15) is 13.9 Å². The summed E-state index contributed by atoms with van der Waals surface area (Å²) in [4.78, 5) is 4.14. The van der Waals surface area contributed by atoms with E-state index in [0.29, 0.717) is 32.8 Å². The number of ether oxygens (including phenoxy) is 3. The van der Waals surface area contributed by atoms with Crippen molar-refractivity contribution in [3.8, 4) is 11.5 Å². The summed E-state index contributed by atoms with van der Waals surface area (Å²) in [7, 11) is 4.00. The second-order valence-electron chi connectivity index (χ2n) is 8.15. The summed E-state index contributed by atoms with van der Waals surface area (Å²) < 4.78 is 43.4. The highest BCUT2D eigenvalue weighted by atomic mass is 19.2. The Hall–Kier alpha value is -2.26. The minimum absolute atomic E-state index is 0.0950. The van der Waals surface area contributed by atoms with Gasteiger partial charge in [-0.25, -0.2) is 8.78 Å². The molecule has 31 heavy (non-hydrogen) atoms. The predicted molar refractivity (Wildman–Crippen MR) is 113 cm³/mol. The van der Waals surface area contributed by atoms with Crippen LogP contribution in [-0.2, 0) is 11.3 Å². The lowest BCUT2D eigenvalue weighted by atomic mass is 10.1. The van der Waals surface area contributed by atoms with Gasteiger partial charge in [0, 0.05) is 32.2 Å². The molecule has 1 saturated heterocycles. The van der Waals surface area contributed by atoms with Gasteiger partial charge < -0.3 is 24.2 Å². The van der Waals surface area contributed by atoms with Crippen LogP contribution in [0.1, 0.15) is 5.56 Å². The molecule has 170 valence electrons. The Balaban J connectivity index is 1.58. The summed E-state index contributed by atoms with van der Waals surface area (Å²) in [5, 5.41) is 11.0. The van der Waals surface area contributed by atoms with Gasteiger partial charge in [-0.2, -0.15) is 0 Å². The molecule has 1 aliphatic rings. The molecule has 2 aromatic rings. The molecule has 0 aliphatic carbocycles. The Labute approximate surface area is 181 Å². The van der Waals surface area contributed by atoms with Crippen molar-refractivity contribution in [1.82, 2.24) is 9.80 Å². The molecule has 0 aromatic heterocycles. The van der Waals surface area contributed by atoms with E-state index in [1.165, 1.54) is 6.07 Å². The van der Waals surface area contributed by atoms with Gasteiger partial charge >= 0.3 is 0 Å². The van der Waals surface area contributed by atoms with Gasteiger partial charge in [0.15, 0.2) is 11.6 Å². The van der Waals surface area contributed by atoms with E-state index in [0.717, 1.165) is 30.0 Å². The van der Waals surface area contributed by atoms with Crippen LogP contribution in [0.5, 0.6) is 11.5 Å². The maximum atomic E-state index is 13.4. The minimum Gasteiger partial charge on any atom is -0.492 e. The van der Waals surface area contributed by atoms with E-state index in [2.05, 4.69) is 9.80 Å². The molecule has 0 amide bonds. The smallest absolute Gasteiger partial charge is 0.162 e. The molecular weight excluding hydrogens is 406 g/mol. The topological polar surface area (TPSA) is 54.4 Å². The lowest BCUT2D eigenvalue weighted by Gasteiger charge is -2.30. The normalized spacial score (nSPS) is 19.9. The average molecular weight is 436 g/mol. The van der Waals surface area contributed by atoms with Crippen molar-refractivity contribution in [3.63, 3.8) is 0 Å². The molecule has 0 spiro atoms. The van der Waals surface area contributed by atoms with Crippen molar-refractivity contribution in [3.05, 3.63) is 59.7 Å². The second-order valence-corrected chi connectivity index (χ2v) is 8.15. The Kier molecular flexibility index (Phi) is 8.20. The Bertz CT molecular complexity index is 852. The Morgan fingerprint density at radius 3 is 2.68 bits per heavy atom. The predicted octanol–water partition coefficient (Wildman–Crippen LogP) is 2.55. The molecule has 6 nitrogen and oxygen atoms in total. The molecule has 0 bridgehead atoms. The number of hydrogen-bond donors (Lipinski definition) is 1. The fraction of sp³-hybridized carbons (Fsp3) is 0.478. The van der Waals surface area contributed by atoms with Gasteiger partial charge in [-0.1, -0.05) is 12.1 Å². The molecule has 8 heteroatoms. The quantitative estimate of drug-likeness (QED) is 0.652. The first-order valence-corrected chi connectivity index (χ1v) is 10.3. The molecule has 1 heterocycles. The third-order valence-electron chi connectivity index (χ3n) is 4.95. The van der Waals surface area contributed by atoms with Crippen LogP contribution in [0, 0.1) is 11.6 Å². The lowest BCUT2D eigenvalue weighted by molar-refractivity contribution is -0.0647. The van der Waals surface area contributed by atoms with Gasteiger partial charge in [0.2, 0.25) is 0 Å². The average Bonchev–Trinajstić information content (AvgIpc) is 2.90. The molecule has 1 fully saturated rings. The monoisotopic (exact) mass is 436 g/mol. The van der Waals surface area contributed by atoms with Gasteiger partial charge in [0.25, 0.3) is 0 Å². The minimum atomic E-state index is -1.28. The zero-order valence-corrected chi connectivity index (χ0v) is 18.0. The maximum Gasteiger partial charge on any atom is 0.162 e. The second kappa shape index (κ2) is 10.9. The van der Waals surface area contributed by atoms with E-state index in [4.69, 9.17) is 14.2 Å². The third-order valence-corrected chi connectivity index (χ3v) is 4.95. The van der Waals surface area contributed by atoms with Crippen LogP contribution in [-0.4, -0.2) is 80.7 Å². The van der Waals surface area contributed by atoms with Crippen LogP contribution >= 0.6 is 0 Å². The Morgan fingerprint density at radius 1 is 1.10 bits per heavy atom. The highest BCUT2D eigenvalue weighted by Gasteiger charge is 2.33. The number of hydrogen-bond acceptors (Lipinski definition) is 6. The number of β-amino-alcohol motifs (C(OH)–C–C–N with tert-alkyl or cyclic N) is 1. The molecule has 1 aliphatic heterocycles. The standard InChI is InChI=1S/C23H30F2N2O4/c1-26(2)8-11-30-19-5-3-4-18(12-19)14-27-9-10-29-16-23(28,15-27)17-31-20-6-7-21(24)22(25)13-20/h3-7,12-13,28H,8-11,14-17H2,1-2H3/t23-/m0/s1. The van der Waals surface area contributed by atoms with E-state index in [1.807, 2.05) is 38.4 Å². The largest absolute Gasteiger partial charge is 0.492 e. The first-order valence-electron chi connectivity index (χ1n) is 10.3. The lowest BCUT2D eigenvalue weighted by Crippen LogP contribution is -2.48. The van der Waals surface area contributed by atoms with Gasteiger partial charge in [-0.05, 0) is 43.9 Å². The number of nitrogens with zero attached hydrogens (tertiary/aromatic N) is 2. The Morgan fingerprint density at radius 2 is 1.90 bits per heavy atom. The fourth-order valence-corrected chi connectivity index (χ4v) is 3.34.